The highest BCUT2D eigenvalue weighted by molar-refractivity contribution is 6.36. The summed E-state index contributed by atoms with van der Waals surface area (Å²) in [4.78, 5) is 13.3. The minimum Gasteiger partial charge on any atom is -0.504 e. The molecule has 5 nitrogen and oxygen atoms in total. The van der Waals surface area contributed by atoms with Crippen molar-refractivity contribution >= 4 is 28.4 Å². The predicted octanol–water partition coefficient (Wildman–Crippen LogP) is 3.54. The Morgan fingerprint density at radius 2 is 1.77 bits per heavy atom. The molecule has 0 aliphatic carbocycles. The first-order valence-electron chi connectivity index (χ1n) is 6.53. The van der Waals surface area contributed by atoms with Crippen LogP contribution in [0.15, 0.2) is 48.6 Å². The number of allylic oxidation sites excluding steroid dienone is 1. The summed E-state index contributed by atoms with van der Waals surface area (Å²) in [5, 5.41) is 18.8. The van der Waals surface area contributed by atoms with Crippen LogP contribution in [0.25, 0.3) is 16.7 Å². The van der Waals surface area contributed by atoms with Gasteiger partial charge in [-0.15, -0.1) is 15.0 Å². The third-order valence-corrected chi connectivity index (χ3v) is 3.61. The van der Waals surface area contributed by atoms with Gasteiger partial charge in [-0.25, -0.2) is 0 Å². The summed E-state index contributed by atoms with van der Waals surface area (Å²) in [7, 11) is 0. The molecule has 0 atom stereocenters. The first-order valence-corrected chi connectivity index (χ1v) is 6.91. The SMILES string of the molecule is C=C(C)C(=O)c1ccc(-n2nc3ccccc3n2)c(O)c1Cl. The normalized spacial score (nSPS) is 10.8. The van der Waals surface area contributed by atoms with Gasteiger partial charge < -0.3 is 5.11 Å². The number of nitrogens with zero attached hydrogens (tertiary/aromatic N) is 3. The van der Waals surface area contributed by atoms with Crippen LogP contribution >= 0.6 is 11.6 Å². The van der Waals surface area contributed by atoms with E-state index < -0.39 is 0 Å². The van der Waals surface area contributed by atoms with Gasteiger partial charge in [0.2, 0.25) is 0 Å². The molecule has 3 aromatic rings. The molecular formula is C16H12ClN3O2. The second-order valence-electron chi connectivity index (χ2n) is 4.88. The Bertz CT molecular complexity index is 882. The van der Waals surface area contributed by atoms with Gasteiger partial charge in [-0.2, -0.15) is 0 Å². The fourth-order valence-corrected chi connectivity index (χ4v) is 2.33. The predicted molar refractivity (Wildman–Crippen MR) is 84.7 cm³/mol. The maximum absolute atomic E-state index is 12.0. The Morgan fingerprint density at radius 1 is 1.18 bits per heavy atom. The zero-order valence-electron chi connectivity index (χ0n) is 11.7. The van der Waals surface area contributed by atoms with Gasteiger partial charge in [0.15, 0.2) is 11.5 Å². The number of fused-ring (bicyclic) bond motifs is 1. The van der Waals surface area contributed by atoms with E-state index in [1.165, 1.54) is 10.9 Å². The fraction of sp³-hybridized carbons (Fsp3) is 0.0625. The highest BCUT2D eigenvalue weighted by Crippen LogP contribution is 2.34. The topological polar surface area (TPSA) is 68.0 Å². The van der Waals surface area contributed by atoms with E-state index in [-0.39, 0.29) is 22.1 Å². The van der Waals surface area contributed by atoms with E-state index in [0.717, 1.165) is 0 Å². The summed E-state index contributed by atoms with van der Waals surface area (Å²) in [6.07, 6.45) is 0. The summed E-state index contributed by atoms with van der Waals surface area (Å²) >= 11 is 6.11. The molecule has 110 valence electrons. The van der Waals surface area contributed by atoms with E-state index in [1.807, 2.05) is 24.3 Å². The van der Waals surface area contributed by atoms with E-state index in [0.29, 0.717) is 22.3 Å². The Hall–Kier alpha value is -2.66. The zero-order valence-corrected chi connectivity index (χ0v) is 12.5. The number of rotatable bonds is 3. The lowest BCUT2D eigenvalue weighted by Gasteiger charge is -2.09. The van der Waals surface area contributed by atoms with Crippen LogP contribution in [0.1, 0.15) is 17.3 Å². The van der Waals surface area contributed by atoms with Gasteiger partial charge in [0.1, 0.15) is 16.7 Å². The molecule has 3 rings (SSSR count). The quantitative estimate of drug-likeness (QED) is 0.593. The Morgan fingerprint density at radius 3 is 2.32 bits per heavy atom. The molecule has 0 amide bonds. The number of hydrogen-bond acceptors (Lipinski definition) is 4. The molecule has 0 unspecified atom stereocenters. The second kappa shape index (κ2) is 5.27. The summed E-state index contributed by atoms with van der Waals surface area (Å²) in [5.74, 6) is -0.556. The lowest BCUT2D eigenvalue weighted by molar-refractivity contribution is 0.103. The molecule has 0 saturated heterocycles. The van der Waals surface area contributed by atoms with Gasteiger partial charge >= 0.3 is 0 Å². The summed E-state index contributed by atoms with van der Waals surface area (Å²) in [6, 6.07) is 10.4. The highest BCUT2D eigenvalue weighted by atomic mass is 35.5. The van der Waals surface area contributed by atoms with Crippen LogP contribution in [-0.4, -0.2) is 25.9 Å². The number of hydrogen-bond donors (Lipinski definition) is 1. The molecule has 2 aromatic carbocycles. The smallest absolute Gasteiger partial charge is 0.189 e. The maximum Gasteiger partial charge on any atom is 0.189 e. The molecule has 0 radical (unpaired) electrons. The number of halogens is 1. The second-order valence-corrected chi connectivity index (χ2v) is 5.26. The molecule has 1 heterocycles. The van der Waals surface area contributed by atoms with E-state index in [1.54, 1.807) is 13.0 Å². The number of carbonyl (C=O) groups is 1. The maximum atomic E-state index is 12.0. The molecule has 0 aliphatic heterocycles. The van der Waals surface area contributed by atoms with Crippen LogP contribution in [-0.2, 0) is 0 Å². The van der Waals surface area contributed by atoms with Crippen LogP contribution in [0, 0.1) is 0 Å². The van der Waals surface area contributed by atoms with Crippen molar-refractivity contribution in [1.82, 2.24) is 15.0 Å². The van der Waals surface area contributed by atoms with Crippen LogP contribution < -0.4 is 0 Å². The third-order valence-electron chi connectivity index (χ3n) is 3.23. The molecule has 0 aliphatic rings. The summed E-state index contributed by atoms with van der Waals surface area (Å²) in [5.41, 5.74) is 2.24. The molecule has 0 bridgehead atoms. The monoisotopic (exact) mass is 313 g/mol. The summed E-state index contributed by atoms with van der Waals surface area (Å²) in [6.45, 7) is 5.18. The first kappa shape index (κ1) is 14.3. The largest absolute Gasteiger partial charge is 0.504 e. The molecule has 0 saturated carbocycles. The number of Topliss-reactive ketones (excluding diaryl/α,β-unsaturated/α-hetero) is 1. The fourth-order valence-electron chi connectivity index (χ4n) is 2.09. The van der Waals surface area contributed by atoms with Gasteiger partial charge in [0.05, 0.1) is 5.02 Å². The Balaban J connectivity index is 2.14. The highest BCUT2D eigenvalue weighted by Gasteiger charge is 2.19. The van der Waals surface area contributed by atoms with Crippen molar-refractivity contribution < 1.29 is 9.90 Å². The number of aromatic hydroxyl groups is 1. The molecule has 22 heavy (non-hydrogen) atoms. The van der Waals surface area contributed by atoms with Gasteiger partial charge in [-0.1, -0.05) is 30.3 Å². The number of phenolic OH excluding ortho intramolecular Hbond substituents is 1. The summed E-state index contributed by atoms with van der Waals surface area (Å²) < 4.78 is 0. The van der Waals surface area contributed by atoms with Crippen molar-refractivity contribution in [2.75, 3.05) is 0 Å². The van der Waals surface area contributed by atoms with Crippen LogP contribution in [0.3, 0.4) is 0 Å². The molecule has 1 aromatic heterocycles. The van der Waals surface area contributed by atoms with Crippen molar-refractivity contribution in [3.63, 3.8) is 0 Å². The number of aromatic nitrogens is 3. The van der Waals surface area contributed by atoms with E-state index >= 15 is 0 Å². The van der Waals surface area contributed by atoms with E-state index in [9.17, 15) is 9.90 Å². The van der Waals surface area contributed by atoms with E-state index in [4.69, 9.17) is 11.6 Å². The van der Waals surface area contributed by atoms with Crippen LogP contribution in [0.4, 0.5) is 0 Å². The number of ketones is 1. The van der Waals surface area contributed by atoms with Crippen molar-refractivity contribution in [1.29, 1.82) is 0 Å². The van der Waals surface area contributed by atoms with Gasteiger partial charge in [-0.05, 0) is 36.8 Å². The molecule has 0 fully saturated rings. The van der Waals surface area contributed by atoms with Crippen molar-refractivity contribution in [3.8, 4) is 11.4 Å². The first-order chi connectivity index (χ1) is 10.5. The Kier molecular flexibility index (Phi) is 3.42. The molecular weight excluding hydrogens is 302 g/mol. The number of benzene rings is 2. The zero-order chi connectivity index (χ0) is 15.9. The molecule has 6 heteroatoms. The minimum absolute atomic E-state index is 0.0353. The lowest BCUT2D eigenvalue weighted by atomic mass is 10.0. The molecule has 0 spiro atoms. The van der Waals surface area contributed by atoms with Crippen molar-refractivity contribution in [2.24, 2.45) is 0 Å². The number of phenols is 1. The van der Waals surface area contributed by atoms with Gasteiger partial charge in [0.25, 0.3) is 0 Å². The number of carbonyl (C=O) groups excluding carboxylic acids is 1. The average molecular weight is 314 g/mol. The van der Waals surface area contributed by atoms with Gasteiger partial charge in [0, 0.05) is 5.56 Å². The molecule has 1 N–H and O–H groups in total. The standard InChI is InChI=1S/C16H12ClN3O2/c1-9(2)15(21)10-7-8-13(16(22)14(10)17)20-18-11-5-3-4-6-12(11)19-20/h3-8,22H,1H2,2H3. The van der Waals surface area contributed by atoms with Crippen LogP contribution in [0.2, 0.25) is 5.02 Å². The lowest BCUT2D eigenvalue weighted by Crippen LogP contribution is -2.04. The average Bonchev–Trinajstić information content (AvgIpc) is 2.92. The van der Waals surface area contributed by atoms with Crippen LogP contribution in [0.5, 0.6) is 5.75 Å². The Labute approximate surface area is 131 Å². The third kappa shape index (κ3) is 2.25. The minimum atomic E-state index is -0.314. The van der Waals surface area contributed by atoms with E-state index in [2.05, 4.69) is 16.8 Å². The van der Waals surface area contributed by atoms with Crippen molar-refractivity contribution in [3.05, 3.63) is 59.1 Å². The van der Waals surface area contributed by atoms with Gasteiger partial charge in [-0.3, -0.25) is 4.79 Å². The van der Waals surface area contributed by atoms with Crippen molar-refractivity contribution in [2.45, 2.75) is 6.92 Å².